The molecular weight excluding hydrogens is 307 g/mol. The van der Waals surface area contributed by atoms with Crippen LogP contribution < -0.4 is 10.2 Å². The average molecular weight is 328 g/mol. The summed E-state index contributed by atoms with van der Waals surface area (Å²) >= 11 is 0. The van der Waals surface area contributed by atoms with Crippen molar-refractivity contribution in [2.75, 3.05) is 7.11 Å². The van der Waals surface area contributed by atoms with Crippen molar-refractivity contribution in [3.8, 4) is 5.75 Å². The Balaban J connectivity index is 2.17. The first kappa shape index (κ1) is 17.7. The Morgan fingerprint density at radius 2 is 2.04 bits per heavy atom. The molecule has 0 heterocycles. The molecule has 0 aromatic heterocycles. The maximum absolute atomic E-state index is 13.1. The van der Waals surface area contributed by atoms with Crippen LogP contribution in [0.1, 0.15) is 46.8 Å². The molecule has 2 aromatic carbocycles. The number of nitrogens with one attached hydrogen (secondary N) is 1. The SMILES string of the molecule is COc1cc(C)c(/C=N\NC(=O)c2cccc(F)c2)cc1C(C)C. The quantitative estimate of drug-likeness (QED) is 0.665. The number of benzene rings is 2. The summed E-state index contributed by atoms with van der Waals surface area (Å²) in [7, 11) is 1.65. The number of aryl methyl sites for hydroxylation is 1. The first-order valence-corrected chi connectivity index (χ1v) is 7.70. The second-order valence-corrected chi connectivity index (χ2v) is 5.81. The van der Waals surface area contributed by atoms with Crippen LogP contribution in [0.3, 0.4) is 0 Å². The van der Waals surface area contributed by atoms with Crippen LogP contribution in [-0.2, 0) is 0 Å². The first-order chi connectivity index (χ1) is 11.4. The van der Waals surface area contributed by atoms with E-state index in [2.05, 4.69) is 24.4 Å². The minimum atomic E-state index is -0.459. The minimum absolute atomic E-state index is 0.224. The molecule has 0 saturated heterocycles. The molecule has 2 aromatic rings. The molecule has 0 radical (unpaired) electrons. The highest BCUT2D eigenvalue weighted by Crippen LogP contribution is 2.28. The zero-order valence-electron chi connectivity index (χ0n) is 14.3. The van der Waals surface area contributed by atoms with E-state index in [1.165, 1.54) is 24.3 Å². The molecule has 0 atom stereocenters. The standard InChI is InChI=1S/C19H21FN2O2/c1-12(2)17-10-15(13(3)8-18(17)24-4)11-21-22-19(23)14-6-5-7-16(20)9-14/h5-12H,1-4H3,(H,22,23)/b21-11-. The molecule has 0 unspecified atom stereocenters. The molecule has 0 aliphatic rings. The van der Waals surface area contributed by atoms with Crippen LogP contribution in [-0.4, -0.2) is 19.2 Å². The Morgan fingerprint density at radius 1 is 1.29 bits per heavy atom. The number of carbonyl (C=O) groups is 1. The van der Waals surface area contributed by atoms with Crippen molar-refractivity contribution in [3.63, 3.8) is 0 Å². The summed E-state index contributed by atoms with van der Waals surface area (Å²) in [6.45, 7) is 6.11. The summed E-state index contributed by atoms with van der Waals surface area (Å²) in [5, 5.41) is 3.98. The number of methoxy groups -OCH3 is 1. The molecule has 1 N–H and O–H groups in total. The molecular formula is C19H21FN2O2. The number of hydrogen-bond donors (Lipinski definition) is 1. The van der Waals surface area contributed by atoms with E-state index < -0.39 is 11.7 Å². The van der Waals surface area contributed by atoms with Crippen LogP contribution in [0.4, 0.5) is 4.39 Å². The Bertz CT molecular complexity index is 770. The van der Waals surface area contributed by atoms with Crippen molar-refractivity contribution in [3.05, 3.63) is 64.5 Å². The van der Waals surface area contributed by atoms with Gasteiger partial charge < -0.3 is 4.74 Å². The van der Waals surface area contributed by atoms with Gasteiger partial charge in [-0.05, 0) is 59.9 Å². The molecule has 126 valence electrons. The van der Waals surface area contributed by atoms with Gasteiger partial charge in [0.1, 0.15) is 11.6 Å². The monoisotopic (exact) mass is 328 g/mol. The van der Waals surface area contributed by atoms with Crippen LogP contribution >= 0.6 is 0 Å². The van der Waals surface area contributed by atoms with Gasteiger partial charge >= 0.3 is 0 Å². The number of nitrogens with zero attached hydrogens (tertiary/aromatic N) is 1. The lowest BCUT2D eigenvalue weighted by Gasteiger charge is -2.14. The summed E-state index contributed by atoms with van der Waals surface area (Å²) in [5.74, 6) is 0.221. The summed E-state index contributed by atoms with van der Waals surface area (Å²) < 4.78 is 18.5. The third-order valence-corrected chi connectivity index (χ3v) is 3.70. The van der Waals surface area contributed by atoms with Gasteiger partial charge in [-0.3, -0.25) is 4.79 Å². The largest absolute Gasteiger partial charge is 0.496 e. The van der Waals surface area contributed by atoms with Gasteiger partial charge in [-0.25, -0.2) is 9.82 Å². The fourth-order valence-corrected chi connectivity index (χ4v) is 2.34. The molecule has 0 aliphatic heterocycles. The van der Waals surface area contributed by atoms with Gasteiger partial charge in [0.25, 0.3) is 5.91 Å². The van der Waals surface area contributed by atoms with Crippen molar-refractivity contribution in [1.82, 2.24) is 5.43 Å². The fraction of sp³-hybridized carbons (Fsp3) is 0.263. The van der Waals surface area contributed by atoms with Gasteiger partial charge in [-0.2, -0.15) is 5.10 Å². The summed E-state index contributed by atoms with van der Waals surface area (Å²) in [6.07, 6.45) is 1.58. The molecule has 5 heteroatoms. The fourth-order valence-electron chi connectivity index (χ4n) is 2.34. The predicted octanol–water partition coefficient (Wildman–Crippen LogP) is 4.03. The van der Waals surface area contributed by atoms with Crippen molar-refractivity contribution >= 4 is 12.1 Å². The second-order valence-electron chi connectivity index (χ2n) is 5.81. The number of hydrogen-bond acceptors (Lipinski definition) is 3. The van der Waals surface area contributed by atoms with E-state index in [0.29, 0.717) is 5.92 Å². The smallest absolute Gasteiger partial charge is 0.271 e. The average Bonchev–Trinajstić information content (AvgIpc) is 2.55. The number of rotatable bonds is 5. The van der Waals surface area contributed by atoms with Crippen LogP contribution in [0, 0.1) is 12.7 Å². The molecule has 0 saturated carbocycles. The van der Waals surface area contributed by atoms with Gasteiger partial charge in [-0.1, -0.05) is 19.9 Å². The Morgan fingerprint density at radius 3 is 2.67 bits per heavy atom. The van der Waals surface area contributed by atoms with E-state index in [9.17, 15) is 9.18 Å². The van der Waals surface area contributed by atoms with Gasteiger partial charge in [0.15, 0.2) is 0 Å². The molecule has 0 bridgehead atoms. The summed E-state index contributed by atoms with van der Waals surface area (Å²) in [4.78, 5) is 11.9. The third kappa shape index (κ3) is 4.19. The van der Waals surface area contributed by atoms with Crippen LogP contribution in [0.2, 0.25) is 0 Å². The Labute approximate surface area is 141 Å². The molecule has 1 amide bonds. The highest BCUT2D eigenvalue weighted by atomic mass is 19.1. The highest BCUT2D eigenvalue weighted by Gasteiger charge is 2.10. The summed E-state index contributed by atoms with van der Waals surface area (Å²) in [5.41, 5.74) is 5.58. The predicted molar refractivity (Wildman–Crippen MR) is 93.3 cm³/mol. The number of hydrazone groups is 1. The van der Waals surface area contributed by atoms with E-state index in [-0.39, 0.29) is 5.56 Å². The highest BCUT2D eigenvalue weighted by molar-refractivity contribution is 5.95. The summed E-state index contributed by atoms with van der Waals surface area (Å²) in [6, 6.07) is 9.41. The second kappa shape index (κ2) is 7.73. The van der Waals surface area contributed by atoms with Crippen molar-refractivity contribution in [2.24, 2.45) is 5.10 Å². The number of carbonyl (C=O) groups excluding carboxylic acids is 1. The number of ether oxygens (including phenoxy) is 1. The minimum Gasteiger partial charge on any atom is -0.496 e. The van der Waals surface area contributed by atoms with E-state index in [1.807, 2.05) is 19.1 Å². The maximum atomic E-state index is 13.1. The lowest BCUT2D eigenvalue weighted by Crippen LogP contribution is -2.17. The first-order valence-electron chi connectivity index (χ1n) is 7.70. The lowest BCUT2D eigenvalue weighted by atomic mass is 9.97. The molecule has 24 heavy (non-hydrogen) atoms. The van der Waals surface area contributed by atoms with E-state index in [0.717, 1.165) is 22.4 Å². The zero-order valence-corrected chi connectivity index (χ0v) is 14.3. The van der Waals surface area contributed by atoms with Gasteiger partial charge in [0.05, 0.1) is 13.3 Å². The third-order valence-electron chi connectivity index (χ3n) is 3.70. The Kier molecular flexibility index (Phi) is 5.68. The number of amides is 1. The maximum Gasteiger partial charge on any atom is 0.271 e. The molecule has 2 rings (SSSR count). The zero-order chi connectivity index (χ0) is 17.7. The molecule has 0 aliphatic carbocycles. The van der Waals surface area contributed by atoms with Gasteiger partial charge in [-0.15, -0.1) is 0 Å². The van der Waals surface area contributed by atoms with Crippen LogP contribution in [0.25, 0.3) is 0 Å². The van der Waals surface area contributed by atoms with E-state index in [1.54, 1.807) is 13.3 Å². The molecule has 0 spiro atoms. The molecule has 0 fully saturated rings. The van der Waals surface area contributed by atoms with E-state index >= 15 is 0 Å². The van der Waals surface area contributed by atoms with Crippen LogP contribution in [0.5, 0.6) is 5.75 Å². The lowest BCUT2D eigenvalue weighted by molar-refractivity contribution is 0.0954. The van der Waals surface area contributed by atoms with Crippen molar-refractivity contribution < 1.29 is 13.9 Å². The van der Waals surface area contributed by atoms with E-state index in [4.69, 9.17) is 4.74 Å². The molecule has 4 nitrogen and oxygen atoms in total. The Hall–Kier alpha value is -2.69. The topological polar surface area (TPSA) is 50.7 Å². The normalized spacial score (nSPS) is 11.1. The van der Waals surface area contributed by atoms with Crippen molar-refractivity contribution in [1.29, 1.82) is 0 Å². The van der Waals surface area contributed by atoms with Gasteiger partial charge in [0, 0.05) is 5.56 Å². The van der Waals surface area contributed by atoms with Gasteiger partial charge in [0.2, 0.25) is 0 Å². The van der Waals surface area contributed by atoms with Crippen molar-refractivity contribution in [2.45, 2.75) is 26.7 Å². The van der Waals surface area contributed by atoms with Crippen LogP contribution in [0.15, 0.2) is 41.5 Å². The number of halogens is 1.